The molecule has 0 radical (unpaired) electrons. The van der Waals surface area contributed by atoms with E-state index in [-0.39, 0.29) is 12.2 Å². The molecule has 0 aliphatic rings. The Morgan fingerprint density at radius 1 is 0.952 bits per heavy atom. The second-order valence-corrected chi connectivity index (χ2v) is 5.39. The molecular formula is C16H12F2N2S. The third-order valence-corrected chi connectivity index (χ3v) is 3.85. The van der Waals surface area contributed by atoms with Crippen LogP contribution >= 0.6 is 11.3 Å². The van der Waals surface area contributed by atoms with Crippen molar-refractivity contribution in [3.63, 3.8) is 0 Å². The number of anilines is 1. The van der Waals surface area contributed by atoms with Crippen molar-refractivity contribution in [2.45, 2.75) is 6.54 Å². The number of benzene rings is 2. The van der Waals surface area contributed by atoms with Crippen LogP contribution in [0.4, 0.5) is 14.5 Å². The van der Waals surface area contributed by atoms with E-state index in [2.05, 4.69) is 10.3 Å². The van der Waals surface area contributed by atoms with E-state index in [1.165, 1.54) is 29.5 Å². The van der Waals surface area contributed by atoms with Crippen molar-refractivity contribution < 1.29 is 8.78 Å². The van der Waals surface area contributed by atoms with E-state index < -0.39 is 11.6 Å². The van der Waals surface area contributed by atoms with E-state index >= 15 is 0 Å². The average molecular weight is 302 g/mol. The summed E-state index contributed by atoms with van der Waals surface area (Å²) in [6.07, 6.45) is 0. The lowest BCUT2D eigenvalue weighted by atomic mass is 10.2. The maximum Gasteiger partial charge on any atom is 0.149 e. The van der Waals surface area contributed by atoms with Crippen molar-refractivity contribution in [1.29, 1.82) is 0 Å². The Kier molecular flexibility index (Phi) is 3.92. The number of hydrogen-bond acceptors (Lipinski definition) is 3. The number of aromatic nitrogens is 1. The van der Waals surface area contributed by atoms with Crippen LogP contribution in [0.1, 0.15) is 5.01 Å². The summed E-state index contributed by atoms with van der Waals surface area (Å²) in [6, 6.07) is 13.6. The minimum atomic E-state index is -0.602. The van der Waals surface area contributed by atoms with Gasteiger partial charge in [-0.25, -0.2) is 13.8 Å². The highest BCUT2D eigenvalue weighted by Gasteiger charge is 2.09. The summed E-state index contributed by atoms with van der Waals surface area (Å²) in [5.74, 6) is -1.20. The van der Waals surface area contributed by atoms with Crippen LogP contribution in [0.5, 0.6) is 0 Å². The Hall–Kier alpha value is -2.27. The first kappa shape index (κ1) is 13.7. The number of nitrogens with one attached hydrogen (secondary N) is 1. The molecule has 0 bridgehead atoms. The van der Waals surface area contributed by atoms with E-state index in [9.17, 15) is 8.78 Å². The summed E-state index contributed by atoms with van der Waals surface area (Å²) in [7, 11) is 0. The van der Waals surface area contributed by atoms with Crippen molar-refractivity contribution in [3.05, 3.63) is 70.6 Å². The molecule has 0 aliphatic carbocycles. The number of thiazole rings is 1. The molecule has 0 saturated carbocycles. The fraction of sp³-hybridized carbons (Fsp3) is 0.0625. The van der Waals surface area contributed by atoms with Crippen LogP contribution in [0.2, 0.25) is 0 Å². The third-order valence-electron chi connectivity index (χ3n) is 3.00. The van der Waals surface area contributed by atoms with E-state index in [4.69, 9.17) is 0 Å². The molecule has 0 amide bonds. The molecule has 0 unspecified atom stereocenters. The predicted octanol–water partition coefficient (Wildman–Crippen LogP) is 4.70. The zero-order valence-electron chi connectivity index (χ0n) is 11.0. The Morgan fingerprint density at radius 2 is 1.67 bits per heavy atom. The van der Waals surface area contributed by atoms with Gasteiger partial charge in [0.15, 0.2) is 0 Å². The van der Waals surface area contributed by atoms with Crippen LogP contribution < -0.4 is 5.32 Å². The van der Waals surface area contributed by atoms with Crippen molar-refractivity contribution in [1.82, 2.24) is 4.98 Å². The quantitative estimate of drug-likeness (QED) is 0.755. The third kappa shape index (κ3) is 3.08. The van der Waals surface area contributed by atoms with Gasteiger partial charge in [0.25, 0.3) is 0 Å². The lowest BCUT2D eigenvalue weighted by Gasteiger charge is -2.06. The summed E-state index contributed by atoms with van der Waals surface area (Å²) < 4.78 is 27.0. The van der Waals surface area contributed by atoms with Crippen molar-refractivity contribution in [3.8, 4) is 11.3 Å². The molecule has 106 valence electrons. The Labute approximate surface area is 125 Å². The summed E-state index contributed by atoms with van der Waals surface area (Å²) in [6.45, 7) is 0.287. The Bertz CT molecular complexity index is 721. The number of rotatable bonds is 4. The van der Waals surface area contributed by atoms with Crippen LogP contribution in [0.3, 0.4) is 0 Å². The van der Waals surface area contributed by atoms with Crippen LogP contribution in [0.25, 0.3) is 11.3 Å². The van der Waals surface area contributed by atoms with Crippen LogP contribution in [-0.4, -0.2) is 4.98 Å². The van der Waals surface area contributed by atoms with Crippen molar-refractivity contribution in [2.75, 3.05) is 5.32 Å². The maximum atomic E-state index is 13.5. The Balaban J connectivity index is 1.74. The van der Waals surface area contributed by atoms with Gasteiger partial charge >= 0.3 is 0 Å². The molecule has 2 nitrogen and oxygen atoms in total. The molecule has 2 aromatic carbocycles. The fourth-order valence-electron chi connectivity index (χ4n) is 1.96. The molecule has 1 heterocycles. The van der Waals surface area contributed by atoms with Crippen molar-refractivity contribution in [2.24, 2.45) is 0 Å². The van der Waals surface area contributed by atoms with E-state index in [0.717, 1.165) is 16.3 Å². The topological polar surface area (TPSA) is 24.9 Å². The first-order valence-electron chi connectivity index (χ1n) is 6.42. The number of nitrogens with zero attached hydrogens (tertiary/aromatic N) is 1. The van der Waals surface area contributed by atoms with Gasteiger partial charge in [-0.05, 0) is 12.1 Å². The lowest BCUT2D eigenvalue weighted by Crippen LogP contribution is -2.03. The first-order chi connectivity index (χ1) is 10.2. The van der Waals surface area contributed by atoms with Gasteiger partial charge in [-0.15, -0.1) is 11.3 Å². The SMILES string of the molecule is Fc1cccc(F)c1NCc1nc(-c2ccccc2)cs1. The van der Waals surface area contributed by atoms with Gasteiger partial charge in [0.2, 0.25) is 0 Å². The number of para-hydroxylation sites is 1. The van der Waals surface area contributed by atoms with E-state index in [1.54, 1.807) is 0 Å². The summed E-state index contributed by atoms with van der Waals surface area (Å²) in [5, 5.41) is 5.47. The lowest BCUT2D eigenvalue weighted by molar-refractivity contribution is 0.588. The normalized spacial score (nSPS) is 10.6. The Morgan fingerprint density at radius 3 is 2.38 bits per heavy atom. The molecule has 3 aromatic rings. The number of hydrogen-bond donors (Lipinski definition) is 1. The molecule has 5 heteroatoms. The standard InChI is InChI=1S/C16H12F2N2S/c17-12-7-4-8-13(18)16(12)19-9-15-20-14(10-21-15)11-5-2-1-3-6-11/h1-8,10,19H,9H2. The van der Waals surface area contributed by atoms with Gasteiger partial charge in [-0.2, -0.15) is 0 Å². The smallest absolute Gasteiger partial charge is 0.149 e. The molecule has 1 aromatic heterocycles. The first-order valence-corrected chi connectivity index (χ1v) is 7.30. The fourth-order valence-corrected chi connectivity index (χ4v) is 2.71. The zero-order chi connectivity index (χ0) is 14.7. The number of halogens is 2. The molecule has 21 heavy (non-hydrogen) atoms. The summed E-state index contributed by atoms with van der Waals surface area (Å²) in [5.41, 5.74) is 1.78. The molecule has 1 N–H and O–H groups in total. The van der Waals surface area contributed by atoms with Crippen LogP contribution in [0.15, 0.2) is 53.9 Å². The van der Waals surface area contributed by atoms with Gasteiger partial charge in [-0.1, -0.05) is 36.4 Å². The average Bonchev–Trinajstić information content (AvgIpc) is 2.97. The van der Waals surface area contributed by atoms with Gasteiger partial charge in [0.05, 0.1) is 12.2 Å². The van der Waals surface area contributed by atoms with Crippen LogP contribution in [0, 0.1) is 11.6 Å². The van der Waals surface area contributed by atoms with Gasteiger partial charge in [0.1, 0.15) is 22.3 Å². The minimum absolute atomic E-state index is 0.117. The minimum Gasteiger partial charge on any atom is -0.374 e. The second kappa shape index (κ2) is 6.01. The predicted molar refractivity (Wildman–Crippen MR) is 81.2 cm³/mol. The highest BCUT2D eigenvalue weighted by atomic mass is 32.1. The summed E-state index contributed by atoms with van der Waals surface area (Å²) in [4.78, 5) is 4.47. The molecular weight excluding hydrogens is 290 g/mol. The highest BCUT2D eigenvalue weighted by molar-refractivity contribution is 7.09. The summed E-state index contributed by atoms with van der Waals surface area (Å²) >= 11 is 1.46. The van der Waals surface area contributed by atoms with Gasteiger partial charge in [-0.3, -0.25) is 0 Å². The molecule has 0 fully saturated rings. The highest BCUT2D eigenvalue weighted by Crippen LogP contribution is 2.23. The molecule has 3 rings (SSSR count). The van der Waals surface area contributed by atoms with E-state index in [0.29, 0.717) is 0 Å². The van der Waals surface area contributed by atoms with Crippen LogP contribution in [-0.2, 0) is 6.54 Å². The van der Waals surface area contributed by atoms with Gasteiger partial charge < -0.3 is 5.32 Å². The molecule has 0 atom stereocenters. The van der Waals surface area contributed by atoms with Gasteiger partial charge in [0, 0.05) is 10.9 Å². The monoisotopic (exact) mass is 302 g/mol. The molecule has 0 spiro atoms. The molecule has 0 aliphatic heterocycles. The largest absolute Gasteiger partial charge is 0.374 e. The second-order valence-electron chi connectivity index (χ2n) is 4.44. The maximum absolute atomic E-state index is 13.5. The molecule has 0 saturated heterocycles. The van der Waals surface area contributed by atoms with E-state index in [1.807, 2.05) is 35.7 Å². The van der Waals surface area contributed by atoms with Crippen molar-refractivity contribution >= 4 is 17.0 Å². The zero-order valence-corrected chi connectivity index (χ0v) is 11.8.